The van der Waals surface area contributed by atoms with Gasteiger partial charge in [0, 0.05) is 5.92 Å². The molecule has 0 saturated carbocycles. The summed E-state index contributed by atoms with van der Waals surface area (Å²) in [5.41, 5.74) is 1.90. The Labute approximate surface area is 121 Å². The van der Waals surface area contributed by atoms with E-state index in [4.69, 9.17) is 0 Å². The molecule has 0 fully saturated rings. The van der Waals surface area contributed by atoms with Gasteiger partial charge in [0.15, 0.2) is 0 Å². The minimum atomic E-state index is -0.974. The van der Waals surface area contributed by atoms with Gasteiger partial charge in [-0.1, -0.05) is 24.3 Å². The summed E-state index contributed by atoms with van der Waals surface area (Å²) in [4.78, 5) is 11.5. The third-order valence-electron chi connectivity index (χ3n) is 4.13. The Bertz CT molecular complexity index is 697. The summed E-state index contributed by atoms with van der Waals surface area (Å²) < 4.78 is 27.6. The van der Waals surface area contributed by atoms with Gasteiger partial charge in [-0.15, -0.1) is 0 Å². The van der Waals surface area contributed by atoms with Crippen LogP contribution in [0.25, 0.3) is 0 Å². The molecular formula is C17H14F2O2. The molecule has 0 radical (unpaired) electrons. The van der Waals surface area contributed by atoms with E-state index in [1.165, 1.54) is 0 Å². The van der Waals surface area contributed by atoms with Gasteiger partial charge in [0.2, 0.25) is 0 Å². The second-order valence-corrected chi connectivity index (χ2v) is 5.33. The number of carbonyl (C=O) groups is 1. The molecule has 21 heavy (non-hydrogen) atoms. The Balaban J connectivity index is 2.19. The number of halogens is 2. The van der Waals surface area contributed by atoms with Gasteiger partial charge < -0.3 is 5.11 Å². The summed E-state index contributed by atoms with van der Waals surface area (Å²) in [5, 5.41) is 9.44. The molecule has 2 nitrogen and oxygen atoms in total. The zero-order valence-corrected chi connectivity index (χ0v) is 11.2. The second-order valence-electron chi connectivity index (χ2n) is 5.33. The van der Waals surface area contributed by atoms with Crippen molar-refractivity contribution >= 4 is 5.97 Å². The topological polar surface area (TPSA) is 37.3 Å². The lowest BCUT2D eigenvalue weighted by atomic mass is 9.72. The van der Waals surface area contributed by atoms with Crippen LogP contribution in [0.5, 0.6) is 0 Å². The van der Waals surface area contributed by atoms with E-state index < -0.39 is 29.4 Å². The Morgan fingerprint density at radius 3 is 2.62 bits per heavy atom. The Morgan fingerprint density at radius 2 is 1.86 bits per heavy atom. The zero-order chi connectivity index (χ0) is 15.0. The van der Waals surface area contributed by atoms with Crippen molar-refractivity contribution in [1.82, 2.24) is 0 Å². The lowest BCUT2D eigenvalue weighted by Crippen LogP contribution is -2.29. The Kier molecular flexibility index (Phi) is 3.45. The van der Waals surface area contributed by atoms with Crippen molar-refractivity contribution in [1.29, 1.82) is 0 Å². The number of aliphatic carboxylic acids is 1. The van der Waals surface area contributed by atoms with Gasteiger partial charge in [-0.3, -0.25) is 4.79 Å². The van der Waals surface area contributed by atoms with Gasteiger partial charge in [0.1, 0.15) is 11.6 Å². The number of carboxylic acid groups (broad SMARTS) is 1. The fourth-order valence-corrected chi connectivity index (χ4v) is 3.16. The van der Waals surface area contributed by atoms with E-state index in [-0.39, 0.29) is 5.56 Å². The molecular weight excluding hydrogens is 274 g/mol. The minimum absolute atomic E-state index is 0.120. The van der Waals surface area contributed by atoms with Crippen molar-refractivity contribution in [3.8, 4) is 0 Å². The molecule has 0 aromatic heterocycles. The molecule has 0 amide bonds. The summed E-state index contributed by atoms with van der Waals surface area (Å²) in [6.07, 6.45) is 1.06. The van der Waals surface area contributed by atoms with Crippen LogP contribution in [0.4, 0.5) is 8.78 Å². The number of benzene rings is 2. The Hall–Kier alpha value is -2.23. The van der Waals surface area contributed by atoms with E-state index in [9.17, 15) is 18.7 Å². The SMILES string of the molecule is O=C(O)[C@H]1CCc2ccccc2[C@@H]1c1cc(F)ccc1F. The highest BCUT2D eigenvalue weighted by molar-refractivity contribution is 5.73. The molecule has 108 valence electrons. The highest BCUT2D eigenvalue weighted by atomic mass is 19.1. The van der Waals surface area contributed by atoms with Crippen molar-refractivity contribution < 1.29 is 18.7 Å². The monoisotopic (exact) mass is 288 g/mol. The van der Waals surface area contributed by atoms with Crippen molar-refractivity contribution in [3.05, 3.63) is 70.8 Å². The third kappa shape index (κ3) is 2.42. The first-order valence-electron chi connectivity index (χ1n) is 6.83. The van der Waals surface area contributed by atoms with Gasteiger partial charge >= 0.3 is 5.97 Å². The van der Waals surface area contributed by atoms with Crippen molar-refractivity contribution in [3.63, 3.8) is 0 Å². The molecule has 0 bridgehead atoms. The molecule has 1 aliphatic rings. The first kappa shape index (κ1) is 13.7. The smallest absolute Gasteiger partial charge is 0.307 e. The van der Waals surface area contributed by atoms with E-state index in [0.717, 1.165) is 29.3 Å². The van der Waals surface area contributed by atoms with Gasteiger partial charge in [-0.25, -0.2) is 8.78 Å². The van der Waals surface area contributed by atoms with Gasteiger partial charge in [0.25, 0.3) is 0 Å². The fourth-order valence-electron chi connectivity index (χ4n) is 3.16. The summed E-state index contributed by atoms with van der Waals surface area (Å²) in [5.74, 6) is -3.49. The molecule has 0 heterocycles. The number of carboxylic acids is 1. The van der Waals surface area contributed by atoms with Crippen LogP contribution >= 0.6 is 0 Å². The van der Waals surface area contributed by atoms with Gasteiger partial charge in [-0.2, -0.15) is 0 Å². The van der Waals surface area contributed by atoms with Crippen LogP contribution in [-0.4, -0.2) is 11.1 Å². The lowest BCUT2D eigenvalue weighted by Gasteiger charge is -2.31. The predicted molar refractivity (Wildman–Crippen MR) is 74.1 cm³/mol. The Morgan fingerprint density at radius 1 is 1.10 bits per heavy atom. The molecule has 0 aliphatic heterocycles. The van der Waals surface area contributed by atoms with Crippen LogP contribution in [0.1, 0.15) is 29.0 Å². The minimum Gasteiger partial charge on any atom is -0.481 e. The van der Waals surface area contributed by atoms with E-state index in [1.54, 1.807) is 12.1 Å². The van der Waals surface area contributed by atoms with Crippen LogP contribution in [0.2, 0.25) is 0 Å². The van der Waals surface area contributed by atoms with Crippen molar-refractivity contribution in [2.24, 2.45) is 5.92 Å². The van der Waals surface area contributed by atoms with Crippen molar-refractivity contribution in [2.75, 3.05) is 0 Å². The molecule has 3 rings (SSSR count). The number of rotatable bonds is 2. The van der Waals surface area contributed by atoms with E-state index >= 15 is 0 Å². The van der Waals surface area contributed by atoms with E-state index in [0.29, 0.717) is 12.8 Å². The van der Waals surface area contributed by atoms with E-state index in [2.05, 4.69) is 0 Å². The first-order valence-corrected chi connectivity index (χ1v) is 6.83. The number of hydrogen-bond acceptors (Lipinski definition) is 1. The second kappa shape index (κ2) is 5.28. The highest BCUT2D eigenvalue weighted by Crippen LogP contribution is 2.42. The van der Waals surface area contributed by atoms with Crippen LogP contribution in [0, 0.1) is 17.6 Å². The molecule has 1 N–H and O–H groups in total. The predicted octanol–water partition coefficient (Wildman–Crippen LogP) is 3.74. The standard InChI is InChI=1S/C17H14F2O2/c18-11-6-8-15(19)14(9-11)16-12-4-2-1-3-10(12)5-7-13(16)17(20)21/h1-4,6,8-9,13,16H,5,7H2,(H,20,21)/t13-,16-/m0/s1. The average Bonchev–Trinajstić information content (AvgIpc) is 2.48. The molecule has 0 unspecified atom stereocenters. The summed E-state index contributed by atoms with van der Waals surface area (Å²) in [7, 11) is 0. The maximum Gasteiger partial charge on any atom is 0.307 e. The van der Waals surface area contributed by atoms with Crippen molar-refractivity contribution in [2.45, 2.75) is 18.8 Å². The van der Waals surface area contributed by atoms with Gasteiger partial charge in [-0.05, 0) is 47.7 Å². The first-order chi connectivity index (χ1) is 10.1. The quantitative estimate of drug-likeness (QED) is 0.914. The molecule has 0 spiro atoms. The summed E-state index contributed by atoms with van der Waals surface area (Å²) in [6, 6.07) is 10.6. The fraction of sp³-hybridized carbons (Fsp3) is 0.235. The summed E-state index contributed by atoms with van der Waals surface area (Å²) in [6.45, 7) is 0. The van der Waals surface area contributed by atoms with Crippen LogP contribution in [0.15, 0.2) is 42.5 Å². The molecule has 1 aliphatic carbocycles. The average molecular weight is 288 g/mol. The number of hydrogen-bond donors (Lipinski definition) is 1. The summed E-state index contributed by atoms with van der Waals surface area (Å²) >= 11 is 0. The van der Waals surface area contributed by atoms with E-state index in [1.807, 2.05) is 12.1 Å². The third-order valence-corrected chi connectivity index (χ3v) is 4.13. The van der Waals surface area contributed by atoms with Gasteiger partial charge in [0.05, 0.1) is 5.92 Å². The molecule has 2 aromatic carbocycles. The number of aryl methyl sites for hydroxylation is 1. The maximum absolute atomic E-state index is 14.1. The normalized spacial score (nSPS) is 20.9. The highest BCUT2D eigenvalue weighted by Gasteiger charge is 2.36. The molecule has 2 aromatic rings. The molecule has 4 heteroatoms. The largest absolute Gasteiger partial charge is 0.481 e. The van der Waals surface area contributed by atoms with Crippen LogP contribution in [0.3, 0.4) is 0 Å². The molecule has 2 atom stereocenters. The molecule has 0 saturated heterocycles. The van der Waals surface area contributed by atoms with Crippen LogP contribution in [-0.2, 0) is 11.2 Å². The maximum atomic E-state index is 14.1. The number of fused-ring (bicyclic) bond motifs is 1. The zero-order valence-electron chi connectivity index (χ0n) is 11.2. The van der Waals surface area contributed by atoms with Crippen LogP contribution < -0.4 is 0 Å². The lowest BCUT2D eigenvalue weighted by molar-refractivity contribution is -0.142.